The molecule has 0 spiro atoms. The third-order valence-corrected chi connectivity index (χ3v) is 4.23. The van der Waals surface area contributed by atoms with Crippen LogP contribution in [0.5, 0.6) is 0 Å². The maximum absolute atomic E-state index is 12.4. The smallest absolute Gasteiger partial charge is 0.317 e. The Balaban J connectivity index is 1.74. The van der Waals surface area contributed by atoms with Crippen LogP contribution in [0.4, 0.5) is 4.79 Å². The number of nitrogens with zero attached hydrogens (tertiary/aromatic N) is 4. The van der Waals surface area contributed by atoms with Gasteiger partial charge in [0.25, 0.3) is 0 Å². The van der Waals surface area contributed by atoms with Crippen molar-refractivity contribution < 1.29 is 4.79 Å². The van der Waals surface area contributed by atoms with E-state index in [1.54, 1.807) is 0 Å². The van der Waals surface area contributed by atoms with Crippen LogP contribution < -0.4 is 5.32 Å². The van der Waals surface area contributed by atoms with Gasteiger partial charge in [-0.05, 0) is 19.4 Å². The van der Waals surface area contributed by atoms with Crippen molar-refractivity contribution in [2.24, 2.45) is 0 Å². The predicted molar refractivity (Wildman–Crippen MR) is 76.4 cm³/mol. The number of urea groups is 1. The van der Waals surface area contributed by atoms with Gasteiger partial charge >= 0.3 is 6.03 Å². The molecule has 110 valence electrons. The Morgan fingerprint density at radius 2 is 2.30 bits per heavy atom. The minimum absolute atomic E-state index is 0.179. The second-order valence-electron chi connectivity index (χ2n) is 5.51. The number of rotatable bonds is 4. The number of fused-ring (bicyclic) bond motifs is 1. The summed E-state index contributed by atoms with van der Waals surface area (Å²) >= 11 is 0. The lowest BCUT2D eigenvalue weighted by atomic mass is 10.2. The number of hydrogen-bond acceptors (Lipinski definition) is 3. The van der Waals surface area contributed by atoms with Crippen LogP contribution in [-0.4, -0.2) is 57.8 Å². The molecule has 3 rings (SSSR count). The molecule has 1 aromatic heterocycles. The topological polar surface area (TPSA) is 53.4 Å². The average Bonchev–Trinajstić information content (AvgIpc) is 3.01. The first-order valence-corrected chi connectivity index (χ1v) is 7.54. The van der Waals surface area contributed by atoms with E-state index in [1.807, 2.05) is 14.5 Å². The quantitative estimate of drug-likeness (QED) is 0.880. The van der Waals surface area contributed by atoms with Crippen LogP contribution in [-0.2, 0) is 19.5 Å². The molecule has 6 nitrogen and oxygen atoms in total. The van der Waals surface area contributed by atoms with Crippen molar-refractivity contribution in [2.75, 3.05) is 26.2 Å². The maximum Gasteiger partial charge on any atom is 0.320 e. The molecule has 0 bridgehead atoms. The lowest BCUT2D eigenvalue weighted by molar-refractivity contribution is 0.177. The lowest BCUT2D eigenvalue weighted by Gasteiger charge is -2.28. The standard InChI is InChI=1S/C14H23N5O/c1-3-11-7-12(19(4-2)16-11)9-17-10-13-8-15-5-6-18(13)14(17)20/h7,13,15H,3-6,8-10H2,1-2H3. The molecule has 2 amide bonds. The number of nitrogens with one attached hydrogen (secondary N) is 1. The van der Waals surface area contributed by atoms with Gasteiger partial charge in [0.05, 0.1) is 24.0 Å². The maximum atomic E-state index is 12.4. The molecule has 0 aliphatic carbocycles. The first-order chi connectivity index (χ1) is 9.72. The molecule has 0 saturated carbocycles. The van der Waals surface area contributed by atoms with E-state index < -0.39 is 0 Å². The summed E-state index contributed by atoms with van der Waals surface area (Å²) in [4.78, 5) is 16.4. The van der Waals surface area contributed by atoms with E-state index >= 15 is 0 Å². The van der Waals surface area contributed by atoms with Gasteiger partial charge in [-0.25, -0.2) is 4.79 Å². The first-order valence-electron chi connectivity index (χ1n) is 7.54. The Kier molecular flexibility index (Phi) is 3.65. The third kappa shape index (κ3) is 2.28. The van der Waals surface area contributed by atoms with Gasteiger partial charge in [0.2, 0.25) is 0 Å². The van der Waals surface area contributed by atoms with Crippen molar-refractivity contribution in [1.29, 1.82) is 0 Å². The summed E-state index contributed by atoms with van der Waals surface area (Å²) in [6.45, 7) is 9.20. The summed E-state index contributed by atoms with van der Waals surface area (Å²) in [5, 5.41) is 7.92. The molecule has 2 saturated heterocycles. The summed E-state index contributed by atoms with van der Waals surface area (Å²) < 4.78 is 2.02. The Morgan fingerprint density at radius 1 is 1.45 bits per heavy atom. The van der Waals surface area contributed by atoms with Crippen molar-refractivity contribution in [3.05, 3.63) is 17.5 Å². The van der Waals surface area contributed by atoms with Gasteiger partial charge < -0.3 is 15.1 Å². The Bertz CT molecular complexity index is 498. The number of piperazine rings is 1. The highest BCUT2D eigenvalue weighted by Gasteiger charge is 2.38. The molecule has 2 fully saturated rings. The molecule has 2 aliphatic heterocycles. The number of amides is 2. The van der Waals surface area contributed by atoms with Gasteiger partial charge in [0.1, 0.15) is 0 Å². The summed E-state index contributed by atoms with van der Waals surface area (Å²) in [6, 6.07) is 2.64. The van der Waals surface area contributed by atoms with Crippen LogP contribution in [0.1, 0.15) is 25.2 Å². The number of aryl methyl sites for hydroxylation is 2. The van der Waals surface area contributed by atoms with E-state index in [0.29, 0.717) is 12.6 Å². The minimum atomic E-state index is 0.179. The Morgan fingerprint density at radius 3 is 3.00 bits per heavy atom. The van der Waals surface area contributed by atoms with Crippen molar-refractivity contribution in [2.45, 2.75) is 39.4 Å². The molecular formula is C14H23N5O. The van der Waals surface area contributed by atoms with Crippen LogP contribution >= 0.6 is 0 Å². The minimum Gasteiger partial charge on any atom is -0.317 e. The van der Waals surface area contributed by atoms with Crippen molar-refractivity contribution in [3.8, 4) is 0 Å². The fourth-order valence-corrected chi connectivity index (χ4v) is 3.11. The molecule has 2 aliphatic rings. The van der Waals surface area contributed by atoms with Crippen LogP contribution in [0.25, 0.3) is 0 Å². The molecule has 0 aromatic carbocycles. The predicted octanol–water partition coefficient (Wildman–Crippen LogP) is 0.675. The molecule has 1 aromatic rings. The normalized spacial score (nSPS) is 22.5. The third-order valence-electron chi connectivity index (χ3n) is 4.23. The first kappa shape index (κ1) is 13.4. The van der Waals surface area contributed by atoms with Gasteiger partial charge in [0, 0.05) is 32.7 Å². The second-order valence-corrected chi connectivity index (χ2v) is 5.51. The zero-order chi connectivity index (χ0) is 14.1. The average molecular weight is 277 g/mol. The molecule has 3 heterocycles. The number of carbonyl (C=O) groups is 1. The number of carbonyl (C=O) groups excluding carboxylic acids is 1. The van der Waals surface area contributed by atoms with Crippen molar-refractivity contribution in [3.63, 3.8) is 0 Å². The molecule has 20 heavy (non-hydrogen) atoms. The fraction of sp³-hybridized carbons (Fsp3) is 0.714. The highest BCUT2D eigenvalue weighted by molar-refractivity contribution is 5.77. The lowest BCUT2D eigenvalue weighted by Crippen LogP contribution is -2.49. The van der Waals surface area contributed by atoms with Gasteiger partial charge in [-0.3, -0.25) is 4.68 Å². The molecular weight excluding hydrogens is 254 g/mol. The molecule has 1 unspecified atom stereocenters. The monoisotopic (exact) mass is 277 g/mol. The van der Waals surface area contributed by atoms with Gasteiger partial charge in [-0.2, -0.15) is 5.10 Å². The Hall–Kier alpha value is -1.56. The molecule has 6 heteroatoms. The van der Waals surface area contributed by atoms with Gasteiger partial charge in [-0.15, -0.1) is 0 Å². The number of hydrogen-bond donors (Lipinski definition) is 1. The van der Waals surface area contributed by atoms with Crippen molar-refractivity contribution in [1.82, 2.24) is 24.9 Å². The number of aromatic nitrogens is 2. The highest BCUT2D eigenvalue weighted by atomic mass is 16.2. The highest BCUT2D eigenvalue weighted by Crippen LogP contribution is 2.20. The fourth-order valence-electron chi connectivity index (χ4n) is 3.11. The zero-order valence-corrected chi connectivity index (χ0v) is 12.3. The molecule has 0 radical (unpaired) electrons. The van der Waals surface area contributed by atoms with E-state index in [9.17, 15) is 4.79 Å². The van der Waals surface area contributed by atoms with E-state index in [1.165, 1.54) is 0 Å². The van der Waals surface area contributed by atoms with E-state index in [-0.39, 0.29) is 6.03 Å². The molecule has 1 N–H and O–H groups in total. The van der Waals surface area contributed by atoms with Crippen LogP contribution in [0.2, 0.25) is 0 Å². The van der Waals surface area contributed by atoms with Crippen LogP contribution in [0.3, 0.4) is 0 Å². The van der Waals surface area contributed by atoms with Crippen LogP contribution in [0.15, 0.2) is 6.07 Å². The van der Waals surface area contributed by atoms with E-state index in [4.69, 9.17) is 0 Å². The summed E-state index contributed by atoms with van der Waals surface area (Å²) in [5.41, 5.74) is 2.25. The largest absolute Gasteiger partial charge is 0.320 e. The zero-order valence-electron chi connectivity index (χ0n) is 12.3. The summed E-state index contributed by atoms with van der Waals surface area (Å²) in [5.74, 6) is 0. The summed E-state index contributed by atoms with van der Waals surface area (Å²) in [7, 11) is 0. The van der Waals surface area contributed by atoms with E-state index in [2.05, 4.69) is 30.3 Å². The Labute approximate surface area is 119 Å². The molecule has 1 atom stereocenters. The van der Waals surface area contributed by atoms with Crippen LogP contribution in [0, 0.1) is 0 Å². The van der Waals surface area contributed by atoms with Gasteiger partial charge in [-0.1, -0.05) is 6.92 Å². The van der Waals surface area contributed by atoms with Gasteiger partial charge in [0.15, 0.2) is 0 Å². The SMILES string of the molecule is CCc1cc(CN2CC3CNCCN3C2=O)n(CC)n1. The summed E-state index contributed by atoms with van der Waals surface area (Å²) in [6.07, 6.45) is 0.937. The van der Waals surface area contributed by atoms with E-state index in [0.717, 1.165) is 50.5 Å². The second kappa shape index (κ2) is 5.44. The van der Waals surface area contributed by atoms with Crippen molar-refractivity contribution >= 4 is 6.03 Å².